The van der Waals surface area contributed by atoms with Crippen molar-refractivity contribution in [2.75, 3.05) is 0 Å². The first-order chi connectivity index (χ1) is 17.3. The average molecular weight is 495 g/mol. The molecule has 4 aromatic rings. The van der Waals surface area contributed by atoms with Gasteiger partial charge in [0.2, 0.25) is 0 Å². The first kappa shape index (κ1) is 24.9. The van der Waals surface area contributed by atoms with Crippen LogP contribution in [-0.2, 0) is 13.0 Å². The van der Waals surface area contributed by atoms with Crippen LogP contribution in [0, 0.1) is 12.7 Å². The van der Waals surface area contributed by atoms with Crippen LogP contribution in [0.2, 0.25) is 0 Å². The number of aromatic nitrogens is 1. The van der Waals surface area contributed by atoms with Gasteiger partial charge in [0, 0.05) is 16.9 Å². The summed E-state index contributed by atoms with van der Waals surface area (Å²) in [5.74, 6) is -1.53. The fourth-order valence-corrected chi connectivity index (χ4v) is 3.98. The summed E-state index contributed by atoms with van der Waals surface area (Å²) in [5.41, 5.74) is 4.27. The zero-order chi connectivity index (χ0) is 25.8. The van der Waals surface area contributed by atoms with E-state index in [9.17, 15) is 23.1 Å². The van der Waals surface area contributed by atoms with E-state index in [0.29, 0.717) is 11.4 Å². The van der Waals surface area contributed by atoms with E-state index in [0.717, 1.165) is 34.5 Å². The van der Waals surface area contributed by atoms with Gasteiger partial charge in [0.05, 0.1) is 5.69 Å². The molecule has 0 spiro atoms. The highest BCUT2D eigenvalue weighted by Crippen LogP contribution is 2.36. The second kappa shape index (κ2) is 10.6. The summed E-state index contributed by atoms with van der Waals surface area (Å²) in [5, 5.41) is 9.59. The molecule has 0 amide bonds. The van der Waals surface area contributed by atoms with Crippen molar-refractivity contribution in [3.05, 3.63) is 101 Å². The number of carboxylic acids is 1. The highest BCUT2D eigenvalue weighted by molar-refractivity contribution is 5.91. The van der Waals surface area contributed by atoms with Crippen LogP contribution in [0.3, 0.4) is 0 Å². The van der Waals surface area contributed by atoms with E-state index >= 15 is 0 Å². The fourth-order valence-electron chi connectivity index (χ4n) is 3.98. The first-order valence-electron chi connectivity index (χ1n) is 11.3. The minimum atomic E-state index is -3.14. The number of carbonyl (C=O) groups is 1. The maximum absolute atomic E-state index is 13.3. The molecule has 0 atom stereocenters. The van der Waals surface area contributed by atoms with Gasteiger partial charge in [-0.15, -0.1) is 0 Å². The fraction of sp³-hybridized carbons (Fsp3) is 0.179. The van der Waals surface area contributed by atoms with Gasteiger partial charge >= 0.3 is 12.6 Å². The van der Waals surface area contributed by atoms with Gasteiger partial charge in [-0.3, -0.25) is 0 Å². The summed E-state index contributed by atoms with van der Waals surface area (Å²) in [6, 6.07) is 19.7. The molecule has 1 aromatic heterocycles. The van der Waals surface area contributed by atoms with Crippen LogP contribution < -0.4 is 9.47 Å². The van der Waals surface area contributed by atoms with Gasteiger partial charge in [-0.05, 0) is 79.1 Å². The van der Waals surface area contributed by atoms with Crippen LogP contribution >= 0.6 is 0 Å². The Balaban J connectivity index is 1.78. The number of rotatable bonds is 9. The van der Waals surface area contributed by atoms with Crippen molar-refractivity contribution in [3.8, 4) is 28.4 Å². The van der Waals surface area contributed by atoms with Crippen LogP contribution in [0.1, 0.15) is 34.1 Å². The number of benzene rings is 3. The molecular weight excluding hydrogens is 471 g/mol. The molecule has 0 saturated heterocycles. The summed E-state index contributed by atoms with van der Waals surface area (Å²) in [4.78, 5) is 11.8. The lowest BCUT2D eigenvalue weighted by atomic mass is 10.0. The summed E-state index contributed by atoms with van der Waals surface area (Å²) in [6.45, 7) is 0.969. The number of ether oxygens (including phenoxy) is 2. The van der Waals surface area contributed by atoms with E-state index in [1.54, 1.807) is 12.1 Å². The maximum atomic E-state index is 13.3. The number of halogens is 3. The molecule has 1 heterocycles. The number of aromatic carboxylic acids is 1. The molecule has 8 heteroatoms. The van der Waals surface area contributed by atoms with Crippen LogP contribution in [0.25, 0.3) is 16.9 Å². The molecule has 5 nitrogen and oxygen atoms in total. The normalized spacial score (nSPS) is 11.1. The molecule has 0 fully saturated rings. The zero-order valence-electron chi connectivity index (χ0n) is 19.7. The number of alkyl halides is 2. The van der Waals surface area contributed by atoms with Crippen molar-refractivity contribution in [3.63, 3.8) is 0 Å². The lowest BCUT2D eigenvalue weighted by molar-refractivity contribution is -0.0503. The zero-order valence-corrected chi connectivity index (χ0v) is 19.7. The summed E-state index contributed by atoms with van der Waals surface area (Å²) >= 11 is 0. The molecule has 3 aromatic carbocycles. The quantitative estimate of drug-likeness (QED) is 0.271. The highest BCUT2D eigenvalue weighted by atomic mass is 19.3. The molecule has 36 heavy (non-hydrogen) atoms. The third kappa shape index (κ3) is 5.38. The van der Waals surface area contributed by atoms with Crippen LogP contribution in [0.4, 0.5) is 13.2 Å². The lowest BCUT2D eigenvalue weighted by Gasteiger charge is -2.18. The van der Waals surface area contributed by atoms with Gasteiger partial charge in [0.15, 0.2) is 0 Å². The lowest BCUT2D eigenvalue weighted by Crippen LogP contribution is -2.09. The molecular formula is C28H24F3NO4. The SMILES string of the molecule is CCc1ccc(OCc2ccc(F)cc2)c(-c2ccc(C)n2-c2ccc(OC(F)F)c(C(=O)O)c2)c1. The smallest absolute Gasteiger partial charge is 0.387 e. The number of hydrogen-bond donors (Lipinski definition) is 1. The van der Waals surface area contributed by atoms with Gasteiger partial charge in [0.25, 0.3) is 0 Å². The predicted octanol–water partition coefficient (Wildman–Crippen LogP) is 7.03. The van der Waals surface area contributed by atoms with E-state index in [2.05, 4.69) is 4.74 Å². The van der Waals surface area contributed by atoms with Gasteiger partial charge in [-0.2, -0.15) is 8.78 Å². The van der Waals surface area contributed by atoms with Gasteiger partial charge in [-0.25, -0.2) is 9.18 Å². The van der Waals surface area contributed by atoms with E-state index < -0.39 is 18.3 Å². The maximum Gasteiger partial charge on any atom is 0.387 e. The summed E-state index contributed by atoms with van der Waals surface area (Å²) < 4.78 is 51.1. The Morgan fingerprint density at radius 1 is 0.944 bits per heavy atom. The molecule has 0 radical (unpaired) electrons. The Hall–Kier alpha value is -4.20. The number of nitrogens with zero attached hydrogens (tertiary/aromatic N) is 1. The molecule has 0 aliphatic rings. The average Bonchev–Trinajstić information content (AvgIpc) is 3.24. The molecule has 0 saturated carbocycles. The standard InChI is InChI=1S/C28H24F3NO4/c1-3-18-7-12-25(35-16-19-5-8-20(29)9-6-19)22(14-18)24-11-4-17(2)32(24)21-10-13-26(36-28(30)31)23(15-21)27(33)34/h4-15,28H,3,16H2,1-2H3,(H,33,34). The minimum absolute atomic E-state index is 0.223. The Kier molecular flexibility index (Phi) is 7.33. The highest BCUT2D eigenvalue weighted by Gasteiger charge is 2.20. The van der Waals surface area contributed by atoms with Crippen molar-refractivity contribution < 1.29 is 32.5 Å². The molecule has 4 rings (SSSR count). The Bertz CT molecular complexity index is 1380. The monoisotopic (exact) mass is 495 g/mol. The van der Waals surface area contributed by atoms with E-state index in [1.807, 2.05) is 48.7 Å². The first-order valence-corrected chi connectivity index (χ1v) is 11.3. The second-order valence-electron chi connectivity index (χ2n) is 8.16. The van der Waals surface area contributed by atoms with Crippen LogP contribution in [0.5, 0.6) is 11.5 Å². The number of hydrogen-bond acceptors (Lipinski definition) is 3. The Labute approximate surface area is 206 Å². The molecule has 186 valence electrons. The third-order valence-electron chi connectivity index (χ3n) is 5.78. The van der Waals surface area contributed by atoms with Crippen LogP contribution in [-0.4, -0.2) is 22.3 Å². The van der Waals surface area contributed by atoms with E-state index in [-0.39, 0.29) is 18.0 Å². The van der Waals surface area contributed by atoms with Crippen molar-refractivity contribution in [2.24, 2.45) is 0 Å². The van der Waals surface area contributed by atoms with Crippen molar-refractivity contribution >= 4 is 5.97 Å². The Morgan fingerprint density at radius 3 is 2.31 bits per heavy atom. The van der Waals surface area contributed by atoms with Gasteiger partial charge in [-0.1, -0.05) is 25.1 Å². The number of aryl methyl sites for hydroxylation is 2. The second-order valence-corrected chi connectivity index (χ2v) is 8.16. The molecule has 0 aliphatic heterocycles. The molecule has 0 unspecified atom stereocenters. The van der Waals surface area contributed by atoms with Gasteiger partial charge < -0.3 is 19.1 Å². The largest absolute Gasteiger partial charge is 0.488 e. The summed E-state index contributed by atoms with van der Waals surface area (Å²) in [7, 11) is 0. The van der Waals surface area contributed by atoms with Crippen molar-refractivity contribution in [2.45, 2.75) is 33.5 Å². The van der Waals surface area contributed by atoms with E-state index in [1.165, 1.54) is 30.3 Å². The number of carboxylic acid groups (broad SMARTS) is 1. The molecule has 0 aliphatic carbocycles. The van der Waals surface area contributed by atoms with Gasteiger partial charge in [0.1, 0.15) is 29.5 Å². The Morgan fingerprint density at radius 2 is 1.64 bits per heavy atom. The van der Waals surface area contributed by atoms with Crippen molar-refractivity contribution in [1.82, 2.24) is 4.57 Å². The minimum Gasteiger partial charge on any atom is -0.488 e. The van der Waals surface area contributed by atoms with Crippen molar-refractivity contribution in [1.29, 1.82) is 0 Å². The van der Waals surface area contributed by atoms with Crippen LogP contribution in [0.15, 0.2) is 72.8 Å². The molecule has 1 N–H and O–H groups in total. The third-order valence-corrected chi connectivity index (χ3v) is 5.78. The topological polar surface area (TPSA) is 60.7 Å². The molecule has 0 bridgehead atoms. The van der Waals surface area contributed by atoms with E-state index in [4.69, 9.17) is 4.74 Å². The summed E-state index contributed by atoms with van der Waals surface area (Å²) in [6.07, 6.45) is 0.785. The predicted molar refractivity (Wildman–Crippen MR) is 130 cm³/mol.